The van der Waals surface area contributed by atoms with Crippen LogP contribution in [0.3, 0.4) is 0 Å². The van der Waals surface area contributed by atoms with Crippen LogP contribution in [-0.4, -0.2) is 27.8 Å². The van der Waals surface area contributed by atoms with E-state index < -0.39 is 27.8 Å². The SMILES string of the molecule is CCC[Si](CCC)(CCC)OC(C)(C#N)C(C)(C#N)O[Si](CCC)(CCC)CCC. The van der Waals surface area contributed by atoms with Gasteiger partial charge in [-0.2, -0.15) is 10.5 Å². The molecule has 0 spiro atoms. The molecular weight excluding hydrogens is 404 g/mol. The second kappa shape index (κ2) is 13.7. The first-order chi connectivity index (χ1) is 14.1. The molecule has 30 heavy (non-hydrogen) atoms. The Balaban J connectivity index is 6.28. The van der Waals surface area contributed by atoms with E-state index in [0.29, 0.717) is 0 Å². The average molecular weight is 453 g/mol. The van der Waals surface area contributed by atoms with Gasteiger partial charge in [-0.05, 0) is 50.1 Å². The molecule has 0 heterocycles. The van der Waals surface area contributed by atoms with Crippen LogP contribution in [0.5, 0.6) is 0 Å². The van der Waals surface area contributed by atoms with Gasteiger partial charge in [0.2, 0.25) is 0 Å². The van der Waals surface area contributed by atoms with Crippen molar-refractivity contribution in [1.29, 1.82) is 10.5 Å². The zero-order chi connectivity index (χ0) is 23.3. The van der Waals surface area contributed by atoms with E-state index >= 15 is 0 Å². The van der Waals surface area contributed by atoms with E-state index in [-0.39, 0.29) is 0 Å². The van der Waals surface area contributed by atoms with Crippen molar-refractivity contribution in [2.45, 2.75) is 141 Å². The molecule has 2 atom stereocenters. The van der Waals surface area contributed by atoms with Crippen molar-refractivity contribution >= 4 is 16.6 Å². The van der Waals surface area contributed by atoms with E-state index in [0.717, 1.165) is 74.8 Å². The summed E-state index contributed by atoms with van der Waals surface area (Å²) in [6, 6.07) is 11.1. The predicted octanol–water partition coefficient (Wildman–Crippen LogP) is 7.94. The maximum Gasteiger partial charge on any atom is 0.195 e. The molecule has 0 aromatic rings. The van der Waals surface area contributed by atoms with Gasteiger partial charge >= 0.3 is 0 Å². The molecule has 0 aromatic carbocycles. The summed E-state index contributed by atoms with van der Waals surface area (Å²) in [4.78, 5) is 0. The Morgan fingerprint density at radius 2 is 0.733 bits per heavy atom. The molecule has 0 aliphatic heterocycles. The first-order valence-electron chi connectivity index (χ1n) is 12.4. The van der Waals surface area contributed by atoms with Crippen LogP contribution in [0.4, 0.5) is 0 Å². The van der Waals surface area contributed by atoms with Crippen molar-refractivity contribution in [3.8, 4) is 12.1 Å². The first kappa shape index (κ1) is 29.3. The Labute approximate surface area is 189 Å². The second-order valence-corrected chi connectivity index (χ2v) is 17.5. The molecule has 6 heteroatoms. The molecule has 2 unspecified atom stereocenters. The molecule has 0 saturated heterocycles. The summed E-state index contributed by atoms with van der Waals surface area (Å²) in [7, 11) is -4.29. The second-order valence-electron chi connectivity index (χ2n) is 9.36. The highest BCUT2D eigenvalue weighted by Gasteiger charge is 2.55. The number of nitriles is 2. The summed E-state index contributed by atoms with van der Waals surface area (Å²) in [5.74, 6) is 0. The van der Waals surface area contributed by atoms with Gasteiger partial charge in [0, 0.05) is 0 Å². The van der Waals surface area contributed by atoms with Crippen LogP contribution in [0.25, 0.3) is 0 Å². The maximum absolute atomic E-state index is 10.3. The van der Waals surface area contributed by atoms with Crippen molar-refractivity contribution < 1.29 is 8.85 Å². The van der Waals surface area contributed by atoms with Crippen LogP contribution >= 0.6 is 0 Å². The molecule has 4 nitrogen and oxygen atoms in total. The normalized spacial score (nSPS) is 16.3. The molecule has 0 amide bonds. The van der Waals surface area contributed by atoms with E-state index in [1.165, 1.54) is 0 Å². The fourth-order valence-electron chi connectivity index (χ4n) is 5.11. The smallest absolute Gasteiger partial charge is 0.195 e. The van der Waals surface area contributed by atoms with Gasteiger partial charge in [0.25, 0.3) is 0 Å². The Bertz CT molecular complexity index is 488. The Hall–Kier alpha value is -0.666. The summed E-state index contributed by atoms with van der Waals surface area (Å²) in [5.41, 5.74) is -2.50. The monoisotopic (exact) mass is 452 g/mol. The van der Waals surface area contributed by atoms with E-state index in [4.69, 9.17) is 8.85 Å². The summed E-state index contributed by atoms with van der Waals surface area (Å²) >= 11 is 0. The van der Waals surface area contributed by atoms with Crippen molar-refractivity contribution in [3.05, 3.63) is 0 Å². The van der Waals surface area contributed by atoms with Gasteiger partial charge in [-0.1, -0.05) is 80.1 Å². The van der Waals surface area contributed by atoms with Crippen LogP contribution in [0, 0.1) is 22.7 Å². The lowest BCUT2D eigenvalue weighted by Crippen LogP contribution is -2.62. The molecule has 0 aliphatic rings. The van der Waals surface area contributed by atoms with E-state index in [2.05, 4.69) is 53.7 Å². The van der Waals surface area contributed by atoms with Gasteiger partial charge < -0.3 is 8.85 Å². The van der Waals surface area contributed by atoms with E-state index in [9.17, 15) is 10.5 Å². The number of hydrogen-bond acceptors (Lipinski definition) is 4. The molecule has 0 aromatic heterocycles. The van der Waals surface area contributed by atoms with Crippen molar-refractivity contribution in [1.82, 2.24) is 0 Å². The van der Waals surface area contributed by atoms with Crippen LogP contribution in [0.2, 0.25) is 36.3 Å². The third-order valence-corrected chi connectivity index (χ3v) is 16.6. The maximum atomic E-state index is 10.3. The van der Waals surface area contributed by atoms with Gasteiger partial charge in [0.15, 0.2) is 27.8 Å². The molecule has 0 bridgehead atoms. The zero-order valence-electron chi connectivity index (χ0n) is 21.2. The minimum Gasteiger partial charge on any atom is -0.396 e. The Morgan fingerprint density at radius 1 is 0.533 bits per heavy atom. The molecule has 174 valence electrons. The van der Waals surface area contributed by atoms with Crippen molar-refractivity contribution in [2.75, 3.05) is 0 Å². The van der Waals surface area contributed by atoms with Crippen molar-refractivity contribution in [2.24, 2.45) is 0 Å². The molecule has 0 N–H and O–H groups in total. The minimum atomic E-state index is -2.15. The van der Waals surface area contributed by atoms with Gasteiger partial charge in [0.1, 0.15) is 12.1 Å². The summed E-state index contributed by atoms with van der Waals surface area (Å²) < 4.78 is 13.8. The van der Waals surface area contributed by atoms with Crippen LogP contribution in [0.15, 0.2) is 0 Å². The quantitative estimate of drug-likeness (QED) is 0.210. The number of nitrogens with zero attached hydrogens (tertiary/aromatic N) is 2. The predicted molar refractivity (Wildman–Crippen MR) is 132 cm³/mol. The highest BCUT2D eigenvalue weighted by Crippen LogP contribution is 2.42. The highest BCUT2D eigenvalue weighted by atomic mass is 28.4. The first-order valence-corrected chi connectivity index (χ1v) is 17.4. The molecule has 0 saturated carbocycles. The highest BCUT2D eigenvalue weighted by molar-refractivity contribution is 6.74. The lowest BCUT2D eigenvalue weighted by Gasteiger charge is -2.47. The van der Waals surface area contributed by atoms with Gasteiger partial charge in [-0.15, -0.1) is 0 Å². The molecule has 0 radical (unpaired) electrons. The van der Waals surface area contributed by atoms with Gasteiger partial charge in [0.05, 0.1) is 0 Å². The summed E-state index contributed by atoms with van der Waals surface area (Å²) in [6.45, 7) is 16.8. The van der Waals surface area contributed by atoms with Gasteiger partial charge in [-0.3, -0.25) is 0 Å². The van der Waals surface area contributed by atoms with Crippen LogP contribution in [0.1, 0.15) is 93.9 Å². The van der Waals surface area contributed by atoms with E-state index in [1.54, 1.807) is 0 Å². The molecule has 0 rings (SSSR count). The molecule has 0 fully saturated rings. The standard InChI is InChI=1S/C24H48N2O2Si2/c1-9-15-29(16-10-2,17-11-3)27-23(7,21-25)24(8,22-26)28-30(18-12-4,19-13-5)20-14-6/h9-20H2,1-8H3. The number of rotatable bonds is 17. The fourth-order valence-corrected chi connectivity index (χ4v) is 14.9. The Kier molecular flexibility index (Phi) is 13.4. The molecular formula is C24H48N2O2Si2. The topological polar surface area (TPSA) is 66.0 Å². The molecule has 0 aliphatic carbocycles. The van der Waals surface area contributed by atoms with Crippen molar-refractivity contribution in [3.63, 3.8) is 0 Å². The van der Waals surface area contributed by atoms with Crippen LogP contribution < -0.4 is 0 Å². The lowest BCUT2D eigenvalue weighted by molar-refractivity contribution is -0.0386. The largest absolute Gasteiger partial charge is 0.396 e. The summed E-state index contributed by atoms with van der Waals surface area (Å²) in [6.07, 6.45) is 6.32. The summed E-state index contributed by atoms with van der Waals surface area (Å²) in [5, 5.41) is 20.7. The average Bonchev–Trinajstić information content (AvgIpc) is 2.68. The van der Waals surface area contributed by atoms with E-state index in [1.807, 2.05) is 13.8 Å². The van der Waals surface area contributed by atoms with Crippen LogP contribution in [-0.2, 0) is 8.85 Å². The third-order valence-electron chi connectivity index (χ3n) is 6.41. The lowest BCUT2D eigenvalue weighted by atomic mass is 9.89. The fraction of sp³-hybridized carbons (Fsp3) is 0.917. The Morgan fingerprint density at radius 3 is 0.867 bits per heavy atom. The third kappa shape index (κ3) is 7.48. The number of hydrogen-bond donors (Lipinski definition) is 0. The zero-order valence-corrected chi connectivity index (χ0v) is 23.2. The minimum absolute atomic E-state index is 1.04. The van der Waals surface area contributed by atoms with Gasteiger partial charge in [-0.25, -0.2) is 0 Å².